The zero-order valence-electron chi connectivity index (χ0n) is 18.0. The van der Waals surface area contributed by atoms with Gasteiger partial charge in [-0.05, 0) is 80.2 Å². The standard InChI is InChI=1S/C23H25N3O4S2/c1-4-23(2,3)25-22(28)17-7-11-18(12-8-17)24-21(27)16-9-13-19(14-10-16)26-32(29,30)20-6-5-15-31-20/h5-15,26H,4H2,1-3H3,(H,24,27)(H,25,28). The van der Waals surface area contributed by atoms with Crippen molar-refractivity contribution in [2.45, 2.75) is 36.9 Å². The van der Waals surface area contributed by atoms with E-state index in [0.717, 1.165) is 17.8 Å². The lowest BCUT2D eigenvalue weighted by molar-refractivity contribution is 0.0910. The lowest BCUT2D eigenvalue weighted by Crippen LogP contribution is -2.42. The highest BCUT2D eigenvalue weighted by Crippen LogP contribution is 2.21. The number of benzene rings is 2. The van der Waals surface area contributed by atoms with Crippen LogP contribution in [0.5, 0.6) is 0 Å². The molecule has 0 spiro atoms. The fraction of sp³-hybridized carbons (Fsp3) is 0.217. The first-order valence-electron chi connectivity index (χ1n) is 10.00. The summed E-state index contributed by atoms with van der Waals surface area (Å²) in [6, 6.07) is 16.0. The lowest BCUT2D eigenvalue weighted by atomic mass is 10.0. The number of anilines is 2. The van der Waals surface area contributed by atoms with Crippen molar-refractivity contribution in [3.8, 4) is 0 Å². The van der Waals surface area contributed by atoms with Crippen LogP contribution in [0.15, 0.2) is 70.3 Å². The maximum atomic E-state index is 12.5. The zero-order valence-corrected chi connectivity index (χ0v) is 19.6. The molecule has 2 aromatic carbocycles. The van der Waals surface area contributed by atoms with E-state index < -0.39 is 10.0 Å². The summed E-state index contributed by atoms with van der Waals surface area (Å²) in [5.41, 5.74) is 1.49. The quantitative estimate of drug-likeness (QED) is 0.442. The SMILES string of the molecule is CCC(C)(C)NC(=O)c1ccc(NC(=O)c2ccc(NS(=O)(=O)c3cccs3)cc2)cc1. The Kier molecular flexibility index (Phi) is 7.00. The molecule has 0 aliphatic carbocycles. The molecule has 0 bridgehead atoms. The first-order chi connectivity index (χ1) is 15.1. The molecule has 1 heterocycles. The van der Waals surface area contributed by atoms with Crippen molar-refractivity contribution >= 4 is 44.5 Å². The Morgan fingerprint density at radius 2 is 1.44 bits per heavy atom. The van der Waals surface area contributed by atoms with Gasteiger partial charge in [-0.3, -0.25) is 14.3 Å². The molecule has 0 fully saturated rings. The van der Waals surface area contributed by atoms with Crippen LogP contribution >= 0.6 is 11.3 Å². The molecule has 0 saturated heterocycles. The molecule has 0 saturated carbocycles. The highest BCUT2D eigenvalue weighted by atomic mass is 32.2. The monoisotopic (exact) mass is 471 g/mol. The number of carbonyl (C=O) groups is 2. The second-order valence-electron chi connectivity index (χ2n) is 7.84. The van der Waals surface area contributed by atoms with Gasteiger partial charge in [0, 0.05) is 28.0 Å². The van der Waals surface area contributed by atoms with E-state index in [9.17, 15) is 18.0 Å². The molecule has 0 aliphatic rings. The van der Waals surface area contributed by atoms with Crippen molar-refractivity contribution in [2.24, 2.45) is 0 Å². The maximum Gasteiger partial charge on any atom is 0.271 e. The van der Waals surface area contributed by atoms with Crippen molar-refractivity contribution in [1.82, 2.24) is 5.32 Å². The number of amides is 2. The van der Waals surface area contributed by atoms with Crippen molar-refractivity contribution < 1.29 is 18.0 Å². The molecule has 2 amide bonds. The van der Waals surface area contributed by atoms with Crippen LogP contribution in [0.2, 0.25) is 0 Å². The molecule has 7 nitrogen and oxygen atoms in total. The Bertz CT molecular complexity index is 1190. The Hall–Kier alpha value is -3.17. The van der Waals surface area contributed by atoms with Crippen molar-refractivity contribution in [3.05, 3.63) is 77.2 Å². The van der Waals surface area contributed by atoms with E-state index in [2.05, 4.69) is 15.4 Å². The molecule has 0 atom stereocenters. The van der Waals surface area contributed by atoms with Crippen LogP contribution in [-0.2, 0) is 10.0 Å². The molecular weight excluding hydrogens is 446 g/mol. The smallest absolute Gasteiger partial charge is 0.271 e. The average Bonchev–Trinajstić information content (AvgIpc) is 3.30. The third kappa shape index (κ3) is 5.95. The van der Waals surface area contributed by atoms with Gasteiger partial charge in [0.1, 0.15) is 4.21 Å². The number of sulfonamides is 1. The molecule has 0 radical (unpaired) electrons. The molecule has 32 heavy (non-hydrogen) atoms. The van der Waals surface area contributed by atoms with E-state index in [1.54, 1.807) is 35.7 Å². The first-order valence-corrected chi connectivity index (χ1v) is 12.4. The van der Waals surface area contributed by atoms with Gasteiger partial charge in [0.05, 0.1) is 0 Å². The molecular formula is C23H25N3O4S2. The van der Waals surface area contributed by atoms with Gasteiger partial charge < -0.3 is 10.6 Å². The minimum absolute atomic E-state index is 0.171. The van der Waals surface area contributed by atoms with E-state index >= 15 is 0 Å². The van der Waals surface area contributed by atoms with Gasteiger partial charge in [-0.1, -0.05) is 13.0 Å². The summed E-state index contributed by atoms with van der Waals surface area (Å²) < 4.78 is 27.3. The number of nitrogens with one attached hydrogen (secondary N) is 3. The molecule has 0 aliphatic heterocycles. The summed E-state index contributed by atoms with van der Waals surface area (Å²) in [4.78, 5) is 24.8. The molecule has 0 unspecified atom stereocenters. The van der Waals surface area contributed by atoms with Crippen LogP contribution < -0.4 is 15.4 Å². The van der Waals surface area contributed by atoms with Crippen LogP contribution in [0.3, 0.4) is 0 Å². The maximum absolute atomic E-state index is 12.5. The highest BCUT2D eigenvalue weighted by Gasteiger charge is 2.19. The Balaban J connectivity index is 1.62. The topological polar surface area (TPSA) is 104 Å². The molecule has 9 heteroatoms. The van der Waals surface area contributed by atoms with Crippen LogP contribution in [0.1, 0.15) is 47.9 Å². The van der Waals surface area contributed by atoms with Gasteiger partial charge in [-0.25, -0.2) is 8.42 Å². The molecule has 1 aromatic heterocycles. The van der Waals surface area contributed by atoms with Gasteiger partial charge >= 0.3 is 0 Å². The fourth-order valence-electron chi connectivity index (χ4n) is 2.69. The molecule has 3 aromatic rings. The Labute approximate surface area is 191 Å². The van der Waals surface area contributed by atoms with E-state index in [4.69, 9.17) is 0 Å². The van der Waals surface area contributed by atoms with Crippen molar-refractivity contribution in [1.29, 1.82) is 0 Å². The minimum atomic E-state index is -3.64. The number of hydrogen-bond donors (Lipinski definition) is 3. The number of hydrogen-bond acceptors (Lipinski definition) is 5. The van der Waals surface area contributed by atoms with Crippen LogP contribution in [0.4, 0.5) is 11.4 Å². The first kappa shape index (κ1) is 23.5. The van der Waals surface area contributed by atoms with Crippen LogP contribution in [0.25, 0.3) is 0 Å². The lowest BCUT2D eigenvalue weighted by Gasteiger charge is -2.24. The molecule has 3 N–H and O–H groups in total. The van der Waals surface area contributed by atoms with E-state index in [1.807, 2.05) is 20.8 Å². The number of rotatable bonds is 8. The number of carbonyl (C=O) groups excluding carboxylic acids is 2. The molecule has 3 rings (SSSR count). The largest absolute Gasteiger partial charge is 0.347 e. The van der Waals surface area contributed by atoms with Gasteiger partial charge in [-0.15, -0.1) is 11.3 Å². The van der Waals surface area contributed by atoms with Crippen molar-refractivity contribution in [3.63, 3.8) is 0 Å². The predicted molar refractivity (Wildman–Crippen MR) is 128 cm³/mol. The normalized spacial score (nSPS) is 11.6. The highest BCUT2D eigenvalue weighted by molar-refractivity contribution is 7.94. The van der Waals surface area contributed by atoms with Gasteiger partial charge in [0.15, 0.2) is 0 Å². The van der Waals surface area contributed by atoms with Gasteiger partial charge in [-0.2, -0.15) is 0 Å². The third-order valence-electron chi connectivity index (χ3n) is 4.90. The zero-order chi connectivity index (χ0) is 23.4. The summed E-state index contributed by atoms with van der Waals surface area (Å²) in [5, 5.41) is 7.42. The van der Waals surface area contributed by atoms with Crippen molar-refractivity contribution in [2.75, 3.05) is 10.0 Å². The van der Waals surface area contributed by atoms with E-state index in [-0.39, 0.29) is 21.6 Å². The average molecular weight is 472 g/mol. The summed E-state index contributed by atoms with van der Waals surface area (Å²) in [6.45, 7) is 5.92. The summed E-state index contributed by atoms with van der Waals surface area (Å²) in [5.74, 6) is -0.516. The van der Waals surface area contributed by atoms with E-state index in [1.165, 1.54) is 30.3 Å². The summed E-state index contributed by atoms with van der Waals surface area (Å²) in [7, 11) is -3.64. The van der Waals surface area contributed by atoms with Gasteiger partial charge in [0.2, 0.25) is 0 Å². The minimum Gasteiger partial charge on any atom is -0.347 e. The predicted octanol–water partition coefficient (Wildman–Crippen LogP) is 4.72. The second-order valence-corrected chi connectivity index (χ2v) is 10.7. The third-order valence-corrected chi connectivity index (χ3v) is 7.68. The van der Waals surface area contributed by atoms with E-state index in [0.29, 0.717) is 22.5 Å². The van der Waals surface area contributed by atoms with Crippen LogP contribution in [-0.4, -0.2) is 25.8 Å². The summed E-state index contributed by atoms with van der Waals surface area (Å²) in [6.07, 6.45) is 0.807. The van der Waals surface area contributed by atoms with Crippen LogP contribution in [0, 0.1) is 0 Å². The number of thiophene rings is 1. The second kappa shape index (κ2) is 9.54. The summed E-state index contributed by atoms with van der Waals surface area (Å²) >= 11 is 1.13. The molecule has 168 valence electrons. The van der Waals surface area contributed by atoms with Gasteiger partial charge in [0.25, 0.3) is 21.8 Å². The Morgan fingerprint density at radius 1 is 0.875 bits per heavy atom. The fourth-order valence-corrected chi connectivity index (χ4v) is 4.74. The Morgan fingerprint density at radius 3 is 1.97 bits per heavy atom.